The summed E-state index contributed by atoms with van der Waals surface area (Å²) in [6, 6.07) is 5.70. The highest BCUT2D eigenvalue weighted by molar-refractivity contribution is 5.96. The Kier molecular flexibility index (Phi) is 5.07. The molecule has 2 amide bonds. The minimum atomic E-state index is -2.85. The molecule has 0 bridgehead atoms. The van der Waals surface area contributed by atoms with Crippen LogP contribution in [-0.4, -0.2) is 30.3 Å². The highest BCUT2D eigenvalue weighted by Gasteiger charge is 2.42. The van der Waals surface area contributed by atoms with Crippen molar-refractivity contribution in [3.63, 3.8) is 0 Å². The molecule has 1 atom stereocenters. The van der Waals surface area contributed by atoms with Gasteiger partial charge in [0.1, 0.15) is 0 Å². The van der Waals surface area contributed by atoms with E-state index in [4.69, 9.17) is 0 Å². The fourth-order valence-electron chi connectivity index (χ4n) is 2.26. The molecule has 1 heterocycles. The highest BCUT2D eigenvalue weighted by atomic mass is 19.3. The summed E-state index contributed by atoms with van der Waals surface area (Å²) in [4.78, 5) is 23.5. The Morgan fingerprint density at radius 1 is 1.32 bits per heavy atom. The molecule has 1 aromatic carbocycles. The van der Waals surface area contributed by atoms with Crippen LogP contribution in [0.5, 0.6) is 0 Å². The van der Waals surface area contributed by atoms with Gasteiger partial charge in [-0.15, -0.1) is 0 Å². The number of nitrogens with one attached hydrogen (secondary N) is 3. The molecule has 0 saturated carbocycles. The van der Waals surface area contributed by atoms with E-state index in [2.05, 4.69) is 16.0 Å². The maximum absolute atomic E-state index is 13.1. The van der Waals surface area contributed by atoms with E-state index in [1.165, 1.54) is 0 Å². The summed E-state index contributed by atoms with van der Waals surface area (Å²) in [5.41, 5.74) is 1.01. The van der Waals surface area contributed by atoms with Gasteiger partial charge in [-0.3, -0.25) is 14.9 Å². The van der Waals surface area contributed by atoms with Crippen molar-refractivity contribution in [2.75, 3.05) is 17.2 Å². The number of hydrogen-bond donors (Lipinski definition) is 3. The van der Waals surface area contributed by atoms with Crippen molar-refractivity contribution in [1.82, 2.24) is 5.32 Å². The molecule has 1 fully saturated rings. The summed E-state index contributed by atoms with van der Waals surface area (Å²) in [5.74, 6) is -3.46. The molecule has 0 spiro atoms. The molecule has 22 heavy (non-hydrogen) atoms. The monoisotopic (exact) mass is 311 g/mol. The Labute approximate surface area is 127 Å². The van der Waals surface area contributed by atoms with Gasteiger partial charge in [-0.1, -0.05) is 13.0 Å². The lowest BCUT2D eigenvalue weighted by Crippen LogP contribution is -2.35. The zero-order valence-electron chi connectivity index (χ0n) is 12.3. The van der Waals surface area contributed by atoms with Crippen molar-refractivity contribution < 1.29 is 18.4 Å². The number of benzene rings is 1. The lowest BCUT2D eigenvalue weighted by molar-refractivity contribution is -0.118. The molecular formula is C15H19F2N3O2. The number of carbonyl (C=O) groups excluding carboxylic acids is 2. The van der Waals surface area contributed by atoms with Gasteiger partial charge < -0.3 is 10.6 Å². The average Bonchev–Trinajstić information content (AvgIpc) is 2.80. The van der Waals surface area contributed by atoms with Crippen LogP contribution in [0.25, 0.3) is 0 Å². The van der Waals surface area contributed by atoms with Crippen molar-refractivity contribution >= 4 is 23.2 Å². The molecule has 1 saturated heterocycles. The summed E-state index contributed by atoms with van der Waals surface area (Å²) >= 11 is 0. The summed E-state index contributed by atoms with van der Waals surface area (Å²) < 4.78 is 26.2. The van der Waals surface area contributed by atoms with Crippen molar-refractivity contribution in [3.8, 4) is 0 Å². The number of amides is 2. The van der Waals surface area contributed by atoms with E-state index in [0.29, 0.717) is 17.8 Å². The van der Waals surface area contributed by atoms with E-state index >= 15 is 0 Å². The van der Waals surface area contributed by atoms with Gasteiger partial charge in [0.15, 0.2) is 0 Å². The first-order chi connectivity index (χ1) is 10.4. The summed E-state index contributed by atoms with van der Waals surface area (Å²) in [5, 5.41) is 7.79. The zero-order valence-corrected chi connectivity index (χ0v) is 12.3. The normalized spacial score (nSPS) is 19.7. The molecule has 2 rings (SSSR count). The fraction of sp³-hybridized carbons (Fsp3) is 0.467. The van der Waals surface area contributed by atoms with Crippen LogP contribution in [0.2, 0.25) is 0 Å². The second kappa shape index (κ2) is 6.83. The zero-order chi connectivity index (χ0) is 16.2. The predicted octanol–water partition coefficient (Wildman–Crippen LogP) is 2.36. The van der Waals surface area contributed by atoms with Crippen LogP contribution in [0.15, 0.2) is 24.3 Å². The van der Waals surface area contributed by atoms with E-state index in [1.54, 1.807) is 24.3 Å². The molecule has 1 unspecified atom stereocenters. The third-order valence-electron chi connectivity index (χ3n) is 3.32. The van der Waals surface area contributed by atoms with Crippen LogP contribution >= 0.6 is 0 Å². The van der Waals surface area contributed by atoms with Gasteiger partial charge in [-0.2, -0.15) is 0 Å². The Bertz CT molecular complexity index is 563. The maximum atomic E-state index is 13.1. The molecule has 0 aliphatic carbocycles. The van der Waals surface area contributed by atoms with E-state index in [-0.39, 0.29) is 5.91 Å². The van der Waals surface area contributed by atoms with Crippen LogP contribution in [0.1, 0.15) is 26.2 Å². The number of rotatable bonds is 5. The molecule has 0 radical (unpaired) electrons. The number of anilines is 2. The highest BCUT2D eigenvalue weighted by Crippen LogP contribution is 2.26. The van der Waals surface area contributed by atoms with Crippen LogP contribution in [0.3, 0.4) is 0 Å². The summed E-state index contributed by atoms with van der Waals surface area (Å²) in [6.45, 7) is 1.42. The molecule has 0 aromatic heterocycles. The molecular weight excluding hydrogens is 292 g/mol. The summed E-state index contributed by atoms with van der Waals surface area (Å²) in [6.07, 6.45) is 0.646. The Morgan fingerprint density at radius 3 is 2.59 bits per heavy atom. The van der Waals surface area contributed by atoms with Gasteiger partial charge in [0.05, 0.1) is 12.6 Å². The van der Waals surface area contributed by atoms with Crippen LogP contribution in [0, 0.1) is 0 Å². The minimum Gasteiger partial charge on any atom is -0.326 e. The van der Waals surface area contributed by atoms with Crippen molar-refractivity contribution in [2.45, 2.75) is 38.2 Å². The average molecular weight is 311 g/mol. The first kappa shape index (κ1) is 16.4. The van der Waals surface area contributed by atoms with Crippen LogP contribution < -0.4 is 16.0 Å². The van der Waals surface area contributed by atoms with Crippen LogP contribution in [-0.2, 0) is 9.59 Å². The van der Waals surface area contributed by atoms with E-state index in [9.17, 15) is 18.4 Å². The molecule has 120 valence electrons. The van der Waals surface area contributed by atoms with Gasteiger partial charge >= 0.3 is 0 Å². The van der Waals surface area contributed by atoms with Crippen molar-refractivity contribution in [2.24, 2.45) is 0 Å². The van der Waals surface area contributed by atoms with E-state index in [0.717, 1.165) is 6.42 Å². The third-order valence-corrected chi connectivity index (χ3v) is 3.32. The molecule has 1 aromatic rings. The lowest BCUT2D eigenvalue weighted by Gasteiger charge is -2.12. The molecule has 1 aliphatic heterocycles. The first-order valence-corrected chi connectivity index (χ1v) is 7.21. The molecule has 7 heteroatoms. The third kappa shape index (κ3) is 4.49. The predicted molar refractivity (Wildman–Crippen MR) is 80.0 cm³/mol. The second-order valence-electron chi connectivity index (χ2n) is 5.36. The van der Waals surface area contributed by atoms with Crippen molar-refractivity contribution in [1.29, 1.82) is 0 Å². The summed E-state index contributed by atoms with van der Waals surface area (Å²) in [7, 11) is 0. The minimum absolute atomic E-state index is 0.108. The molecule has 1 aliphatic rings. The Balaban J connectivity index is 1.95. The Hall–Kier alpha value is -2.02. The topological polar surface area (TPSA) is 70.2 Å². The van der Waals surface area contributed by atoms with Gasteiger partial charge in [0.25, 0.3) is 5.92 Å². The SMILES string of the molecule is CCCC(=O)Nc1cccc(NC(=O)C2CC(F)(F)CN2)c1. The van der Waals surface area contributed by atoms with Crippen LogP contribution in [0.4, 0.5) is 20.2 Å². The number of hydrogen-bond acceptors (Lipinski definition) is 3. The quantitative estimate of drug-likeness (QED) is 0.782. The second-order valence-corrected chi connectivity index (χ2v) is 5.36. The largest absolute Gasteiger partial charge is 0.326 e. The molecule has 3 N–H and O–H groups in total. The number of halogens is 2. The number of carbonyl (C=O) groups is 2. The van der Waals surface area contributed by atoms with E-state index in [1.807, 2.05) is 6.92 Å². The molecule has 5 nitrogen and oxygen atoms in total. The van der Waals surface area contributed by atoms with Gasteiger partial charge in [0.2, 0.25) is 11.8 Å². The standard InChI is InChI=1S/C15H19F2N3O2/c1-2-4-13(21)19-10-5-3-6-11(7-10)20-14(22)12-8-15(16,17)9-18-12/h3,5-7,12,18H,2,4,8-9H2,1H3,(H,19,21)(H,20,22). The maximum Gasteiger partial charge on any atom is 0.262 e. The van der Waals surface area contributed by atoms with Gasteiger partial charge in [-0.05, 0) is 24.6 Å². The van der Waals surface area contributed by atoms with Gasteiger partial charge in [0, 0.05) is 24.2 Å². The smallest absolute Gasteiger partial charge is 0.262 e. The Morgan fingerprint density at radius 2 is 2.00 bits per heavy atom. The van der Waals surface area contributed by atoms with Gasteiger partial charge in [-0.25, -0.2) is 8.78 Å². The first-order valence-electron chi connectivity index (χ1n) is 7.21. The lowest BCUT2D eigenvalue weighted by atomic mass is 10.1. The number of alkyl halides is 2. The van der Waals surface area contributed by atoms with E-state index < -0.39 is 30.8 Å². The van der Waals surface area contributed by atoms with Crippen molar-refractivity contribution in [3.05, 3.63) is 24.3 Å². The fourth-order valence-corrected chi connectivity index (χ4v) is 2.26.